The SMILES string of the molecule is O=C(c1ccccc1)c1coc2cc(O)ccc12. The lowest BCUT2D eigenvalue weighted by molar-refractivity contribution is 0.103. The molecular formula is C15H10O3. The molecular weight excluding hydrogens is 228 g/mol. The summed E-state index contributed by atoms with van der Waals surface area (Å²) < 4.78 is 5.29. The molecule has 88 valence electrons. The Labute approximate surface area is 103 Å². The Balaban J connectivity index is 2.13. The zero-order valence-electron chi connectivity index (χ0n) is 9.46. The Kier molecular flexibility index (Phi) is 2.38. The van der Waals surface area contributed by atoms with Gasteiger partial charge in [0.1, 0.15) is 17.6 Å². The van der Waals surface area contributed by atoms with E-state index in [9.17, 15) is 9.90 Å². The molecule has 0 saturated carbocycles. The molecule has 2 aromatic carbocycles. The van der Waals surface area contributed by atoms with E-state index in [4.69, 9.17) is 4.42 Å². The number of hydrogen-bond acceptors (Lipinski definition) is 3. The summed E-state index contributed by atoms with van der Waals surface area (Å²) in [4.78, 5) is 12.3. The van der Waals surface area contributed by atoms with Crippen LogP contribution < -0.4 is 0 Å². The van der Waals surface area contributed by atoms with E-state index in [1.165, 1.54) is 12.3 Å². The lowest BCUT2D eigenvalue weighted by Crippen LogP contribution is -1.99. The maximum atomic E-state index is 12.3. The Hall–Kier alpha value is -2.55. The number of phenolic OH excluding ortho intramolecular Hbond substituents is 1. The van der Waals surface area contributed by atoms with E-state index in [2.05, 4.69) is 0 Å². The predicted octanol–water partition coefficient (Wildman–Crippen LogP) is 3.37. The van der Waals surface area contributed by atoms with Crippen LogP contribution in [0.15, 0.2) is 59.2 Å². The quantitative estimate of drug-likeness (QED) is 0.696. The molecule has 3 heteroatoms. The number of carbonyl (C=O) groups is 1. The number of hydrogen-bond donors (Lipinski definition) is 1. The van der Waals surface area contributed by atoms with Crippen molar-refractivity contribution in [2.45, 2.75) is 0 Å². The monoisotopic (exact) mass is 238 g/mol. The van der Waals surface area contributed by atoms with E-state index >= 15 is 0 Å². The highest BCUT2D eigenvalue weighted by Gasteiger charge is 2.15. The van der Waals surface area contributed by atoms with Gasteiger partial charge < -0.3 is 9.52 Å². The zero-order valence-corrected chi connectivity index (χ0v) is 9.46. The number of furan rings is 1. The van der Waals surface area contributed by atoms with Crippen LogP contribution in [0.4, 0.5) is 0 Å². The molecule has 3 aromatic rings. The molecule has 0 saturated heterocycles. The molecule has 1 heterocycles. The zero-order chi connectivity index (χ0) is 12.5. The fourth-order valence-electron chi connectivity index (χ4n) is 1.94. The van der Waals surface area contributed by atoms with Crippen molar-refractivity contribution in [2.24, 2.45) is 0 Å². The summed E-state index contributed by atoms with van der Waals surface area (Å²) in [6.45, 7) is 0. The highest BCUT2D eigenvalue weighted by atomic mass is 16.3. The first kappa shape index (κ1) is 10.6. The molecule has 0 radical (unpaired) electrons. The van der Waals surface area contributed by atoms with Gasteiger partial charge in [-0.2, -0.15) is 0 Å². The van der Waals surface area contributed by atoms with E-state index in [1.807, 2.05) is 18.2 Å². The molecule has 0 bridgehead atoms. The van der Waals surface area contributed by atoms with Crippen LogP contribution in [0.25, 0.3) is 11.0 Å². The van der Waals surface area contributed by atoms with Crippen LogP contribution in [0.5, 0.6) is 5.75 Å². The molecule has 3 rings (SSSR count). The van der Waals surface area contributed by atoms with Gasteiger partial charge in [0, 0.05) is 17.0 Å². The summed E-state index contributed by atoms with van der Waals surface area (Å²) in [7, 11) is 0. The topological polar surface area (TPSA) is 50.4 Å². The van der Waals surface area contributed by atoms with E-state index in [-0.39, 0.29) is 11.5 Å². The second-order valence-electron chi connectivity index (χ2n) is 4.02. The number of fused-ring (bicyclic) bond motifs is 1. The third-order valence-corrected chi connectivity index (χ3v) is 2.84. The van der Waals surface area contributed by atoms with Crippen LogP contribution in [0, 0.1) is 0 Å². The van der Waals surface area contributed by atoms with Crippen molar-refractivity contribution >= 4 is 16.8 Å². The third-order valence-electron chi connectivity index (χ3n) is 2.84. The molecule has 0 fully saturated rings. The Morgan fingerprint density at radius 3 is 2.61 bits per heavy atom. The van der Waals surface area contributed by atoms with Gasteiger partial charge in [-0.1, -0.05) is 30.3 Å². The number of carbonyl (C=O) groups excluding carboxylic acids is 1. The summed E-state index contributed by atoms with van der Waals surface area (Å²) >= 11 is 0. The maximum absolute atomic E-state index is 12.3. The molecule has 0 aliphatic heterocycles. The van der Waals surface area contributed by atoms with E-state index in [1.54, 1.807) is 24.3 Å². The van der Waals surface area contributed by atoms with Gasteiger partial charge in [-0.3, -0.25) is 4.79 Å². The fraction of sp³-hybridized carbons (Fsp3) is 0. The van der Waals surface area contributed by atoms with Crippen LogP contribution in [-0.4, -0.2) is 10.9 Å². The van der Waals surface area contributed by atoms with Crippen molar-refractivity contribution in [1.82, 2.24) is 0 Å². The highest BCUT2D eigenvalue weighted by molar-refractivity contribution is 6.15. The minimum Gasteiger partial charge on any atom is -0.508 e. The number of ketones is 1. The fourth-order valence-corrected chi connectivity index (χ4v) is 1.94. The van der Waals surface area contributed by atoms with Crippen molar-refractivity contribution in [3.8, 4) is 5.75 Å². The molecule has 0 amide bonds. The van der Waals surface area contributed by atoms with E-state index in [0.29, 0.717) is 22.1 Å². The average molecular weight is 238 g/mol. The summed E-state index contributed by atoms with van der Waals surface area (Å²) in [5.41, 5.74) is 1.64. The lowest BCUT2D eigenvalue weighted by Gasteiger charge is -1.98. The van der Waals surface area contributed by atoms with Crippen LogP contribution in [0.3, 0.4) is 0 Å². The van der Waals surface area contributed by atoms with Crippen molar-refractivity contribution in [1.29, 1.82) is 0 Å². The molecule has 18 heavy (non-hydrogen) atoms. The number of aromatic hydroxyl groups is 1. The van der Waals surface area contributed by atoms with Crippen molar-refractivity contribution in [3.05, 3.63) is 65.9 Å². The first-order valence-electron chi connectivity index (χ1n) is 5.55. The average Bonchev–Trinajstić information content (AvgIpc) is 2.81. The summed E-state index contributed by atoms with van der Waals surface area (Å²) in [6.07, 6.45) is 1.43. The van der Waals surface area contributed by atoms with Crippen molar-refractivity contribution in [2.75, 3.05) is 0 Å². The minimum atomic E-state index is -0.0833. The third kappa shape index (κ3) is 1.66. The summed E-state index contributed by atoms with van der Waals surface area (Å²) in [5.74, 6) is 0.0376. The molecule has 1 N–H and O–H groups in total. The molecule has 0 spiro atoms. The smallest absolute Gasteiger partial charge is 0.196 e. The van der Waals surface area contributed by atoms with Gasteiger partial charge in [-0.15, -0.1) is 0 Å². The van der Waals surface area contributed by atoms with E-state index in [0.717, 1.165) is 0 Å². The molecule has 0 aliphatic carbocycles. The van der Waals surface area contributed by atoms with Crippen LogP contribution >= 0.6 is 0 Å². The van der Waals surface area contributed by atoms with Gasteiger partial charge in [0.05, 0.1) is 5.56 Å². The van der Waals surface area contributed by atoms with Gasteiger partial charge >= 0.3 is 0 Å². The first-order valence-corrected chi connectivity index (χ1v) is 5.55. The largest absolute Gasteiger partial charge is 0.508 e. The lowest BCUT2D eigenvalue weighted by atomic mass is 10.0. The number of rotatable bonds is 2. The van der Waals surface area contributed by atoms with Gasteiger partial charge in [0.25, 0.3) is 0 Å². The molecule has 0 unspecified atom stereocenters. The number of benzene rings is 2. The molecule has 3 nitrogen and oxygen atoms in total. The standard InChI is InChI=1S/C15H10O3/c16-11-6-7-12-13(9-18-14(12)8-11)15(17)10-4-2-1-3-5-10/h1-9,16H. The second-order valence-corrected chi connectivity index (χ2v) is 4.02. The Morgan fingerprint density at radius 2 is 1.83 bits per heavy atom. The normalized spacial score (nSPS) is 10.7. The van der Waals surface area contributed by atoms with Crippen LogP contribution in [-0.2, 0) is 0 Å². The Morgan fingerprint density at radius 1 is 1.06 bits per heavy atom. The van der Waals surface area contributed by atoms with Gasteiger partial charge in [0.15, 0.2) is 5.78 Å². The molecule has 0 aliphatic rings. The van der Waals surface area contributed by atoms with E-state index < -0.39 is 0 Å². The van der Waals surface area contributed by atoms with Crippen molar-refractivity contribution < 1.29 is 14.3 Å². The van der Waals surface area contributed by atoms with Gasteiger partial charge in [-0.25, -0.2) is 0 Å². The van der Waals surface area contributed by atoms with Gasteiger partial charge in [0.2, 0.25) is 0 Å². The van der Waals surface area contributed by atoms with Gasteiger partial charge in [-0.05, 0) is 12.1 Å². The Bertz CT molecular complexity index is 711. The maximum Gasteiger partial charge on any atom is 0.196 e. The molecule has 1 aromatic heterocycles. The molecule has 0 atom stereocenters. The minimum absolute atomic E-state index is 0.0833. The highest BCUT2D eigenvalue weighted by Crippen LogP contribution is 2.26. The summed E-state index contributed by atoms with van der Waals surface area (Å²) in [5, 5.41) is 10.1. The second kappa shape index (κ2) is 4.04. The summed E-state index contributed by atoms with van der Waals surface area (Å²) in [6, 6.07) is 13.8. The van der Waals surface area contributed by atoms with Crippen LogP contribution in [0.1, 0.15) is 15.9 Å². The van der Waals surface area contributed by atoms with Crippen molar-refractivity contribution in [3.63, 3.8) is 0 Å². The number of phenols is 1. The van der Waals surface area contributed by atoms with Crippen LogP contribution in [0.2, 0.25) is 0 Å². The predicted molar refractivity (Wildman–Crippen MR) is 67.8 cm³/mol. The first-order chi connectivity index (χ1) is 8.75.